The van der Waals surface area contributed by atoms with Crippen molar-refractivity contribution in [2.45, 2.75) is 26.3 Å². The fourth-order valence-corrected chi connectivity index (χ4v) is 2.00. The van der Waals surface area contributed by atoms with Gasteiger partial charge in [-0.2, -0.15) is 5.10 Å². The van der Waals surface area contributed by atoms with E-state index < -0.39 is 0 Å². The molecule has 0 unspecified atom stereocenters. The molecule has 0 aliphatic carbocycles. The molecule has 0 atom stereocenters. The van der Waals surface area contributed by atoms with Crippen molar-refractivity contribution >= 4 is 11.6 Å². The van der Waals surface area contributed by atoms with Gasteiger partial charge < -0.3 is 0 Å². The van der Waals surface area contributed by atoms with Gasteiger partial charge in [0.25, 0.3) is 0 Å². The van der Waals surface area contributed by atoms with Crippen LogP contribution in [0.2, 0.25) is 0 Å². The Morgan fingerprint density at radius 3 is 2.61 bits per heavy atom. The fraction of sp³-hybridized carbons (Fsp3) is 0.429. The van der Waals surface area contributed by atoms with E-state index >= 15 is 0 Å². The average molecular weight is 245 g/mol. The van der Waals surface area contributed by atoms with Gasteiger partial charge in [-0.25, -0.2) is 5.43 Å². The molecule has 1 heterocycles. The monoisotopic (exact) mass is 245 g/mol. The van der Waals surface area contributed by atoms with Crippen molar-refractivity contribution in [2.24, 2.45) is 5.10 Å². The Morgan fingerprint density at radius 1 is 1.22 bits per heavy atom. The van der Waals surface area contributed by atoms with Crippen LogP contribution in [0.25, 0.3) is 0 Å². The van der Waals surface area contributed by atoms with Crippen LogP contribution in [0.3, 0.4) is 0 Å². The molecule has 1 amide bonds. The van der Waals surface area contributed by atoms with Crippen LogP contribution in [-0.4, -0.2) is 29.6 Å². The lowest BCUT2D eigenvalue weighted by atomic mass is 10.1. The SMILES string of the molecule is CCN(CC1=NNC(=O)CC1)Cc1ccccc1. The molecule has 1 aliphatic heterocycles. The van der Waals surface area contributed by atoms with Gasteiger partial charge in [0.15, 0.2) is 0 Å². The molecule has 1 N–H and O–H groups in total. The number of rotatable bonds is 5. The Morgan fingerprint density at radius 2 is 2.00 bits per heavy atom. The Kier molecular flexibility index (Phi) is 4.47. The first kappa shape index (κ1) is 12.8. The van der Waals surface area contributed by atoms with Crippen LogP contribution in [0, 0.1) is 0 Å². The summed E-state index contributed by atoms with van der Waals surface area (Å²) in [7, 11) is 0. The van der Waals surface area contributed by atoms with Gasteiger partial charge in [0.05, 0.1) is 5.71 Å². The van der Waals surface area contributed by atoms with Gasteiger partial charge in [0.1, 0.15) is 0 Å². The van der Waals surface area contributed by atoms with Crippen molar-refractivity contribution in [3.8, 4) is 0 Å². The van der Waals surface area contributed by atoms with E-state index in [1.165, 1.54) is 5.56 Å². The van der Waals surface area contributed by atoms with Crippen LogP contribution in [0.1, 0.15) is 25.3 Å². The minimum Gasteiger partial charge on any atom is -0.294 e. The van der Waals surface area contributed by atoms with E-state index in [4.69, 9.17) is 0 Å². The number of hydrazone groups is 1. The van der Waals surface area contributed by atoms with E-state index in [0.717, 1.165) is 31.8 Å². The molecule has 1 aromatic carbocycles. The molecular weight excluding hydrogens is 226 g/mol. The van der Waals surface area contributed by atoms with Gasteiger partial charge in [0, 0.05) is 19.5 Å². The van der Waals surface area contributed by atoms with Crippen molar-refractivity contribution in [2.75, 3.05) is 13.1 Å². The predicted molar refractivity (Wildman–Crippen MR) is 72.2 cm³/mol. The van der Waals surface area contributed by atoms with E-state index in [9.17, 15) is 4.79 Å². The molecule has 4 heteroatoms. The maximum absolute atomic E-state index is 11.0. The molecule has 0 radical (unpaired) electrons. The van der Waals surface area contributed by atoms with E-state index in [2.05, 4.69) is 46.6 Å². The van der Waals surface area contributed by atoms with Gasteiger partial charge in [-0.1, -0.05) is 37.3 Å². The zero-order chi connectivity index (χ0) is 12.8. The van der Waals surface area contributed by atoms with Gasteiger partial charge in [0.2, 0.25) is 5.91 Å². The van der Waals surface area contributed by atoms with Crippen LogP contribution in [0.15, 0.2) is 35.4 Å². The molecule has 0 saturated heterocycles. The number of benzene rings is 1. The first-order valence-corrected chi connectivity index (χ1v) is 6.38. The number of nitrogens with one attached hydrogen (secondary N) is 1. The third kappa shape index (κ3) is 3.67. The summed E-state index contributed by atoms with van der Waals surface area (Å²) < 4.78 is 0. The number of carbonyl (C=O) groups is 1. The zero-order valence-corrected chi connectivity index (χ0v) is 10.7. The first-order chi connectivity index (χ1) is 8.78. The van der Waals surface area contributed by atoms with Crippen molar-refractivity contribution in [3.63, 3.8) is 0 Å². The van der Waals surface area contributed by atoms with E-state index in [1.54, 1.807) is 0 Å². The number of hydrogen-bond donors (Lipinski definition) is 1. The molecule has 18 heavy (non-hydrogen) atoms. The highest BCUT2D eigenvalue weighted by molar-refractivity contribution is 5.93. The van der Waals surface area contributed by atoms with Crippen LogP contribution in [0.5, 0.6) is 0 Å². The fourth-order valence-electron chi connectivity index (χ4n) is 2.00. The molecular formula is C14H19N3O. The highest BCUT2D eigenvalue weighted by Gasteiger charge is 2.14. The Labute approximate surface area is 108 Å². The zero-order valence-electron chi connectivity index (χ0n) is 10.7. The van der Waals surface area contributed by atoms with Crippen molar-refractivity contribution in [3.05, 3.63) is 35.9 Å². The summed E-state index contributed by atoms with van der Waals surface area (Å²) in [5.74, 6) is 0.0184. The van der Waals surface area contributed by atoms with Gasteiger partial charge in [-0.15, -0.1) is 0 Å². The smallest absolute Gasteiger partial charge is 0.240 e. The largest absolute Gasteiger partial charge is 0.294 e. The average Bonchev–Trinajstić information content (AvgIpc) is 2.41. The highest BCUT2D eigenvalue weighted by Crippen LogP contribution is 2.07. The van der Waals surface area contributed by atoms with Gasteiger partial charge in [-0.05, 0) is 18.5 Å². The molecule has 0 saturated carbocycles. The minimum absolute atomic E-state index is 0.0184. The number of amides is 1. The second-order valence-electron chi connectivity index (χ2n) is 4.50. The van der Waals surface area contributed by atoms with E-state index in [-0.39, 0.29) is 5.91 Å². The lowest BCUT2D eigenvalue weighted by Crippen LogP contribution is -2.34. The van der Waals surface area contributed by atoms with E-state index in [0.29, 0.717) is 6.42 Å². The second-order valence-corrected chi connectivity index (χ2v) is 4.50. The summed E-state index contributed by atoms with van der Waals surface area (Å²) >= 11 is 0. The minimum atomic E-state index is 0.0184. The Balaban J connectivity index is 1.91. The number of nitrogens with zero attached hydrogens (tertiary/aromatic N) is 2. The first-order valence-electron chi connectivity index (χ1n) is 6.38. The molecule has 0 fully saturated rings. The quantitative estimate of drug-likeness (QED) is 0.859. The second kappa shape index (κ2) is 6.31. The molecule has 96 valence electrons. The molecule has 0 spiro atoms. The lowest BCUT2D eigenvalue weighted by molar-refractivity contribution is -0.121. The van der Waals surface area contributed by atoms with Crippen molar-refractivity contribution in [1.29, 1.82) is 0 Å². The molecule has 2 rings (SSSR count). The molecule has 4 nitrogen and oxygen atoms in total. The molecule has 1 aliphatic rings. The van der Waals surface area contributed by atoms with Gasteiger partial charge in [-0.3, -0.25) is 9.69 Å². The van der Waals surface area contributed by atoms with E-state index in [1.807, 2.05) is 6.07 Å². The Bertz CT molecular complexity index is 428. The number of hydrogen-bond acceptors (Lipinski definition) is 3. The topological polar surface area (TPSA) is 44.7 Å². The van der Waals surface area contributed by atoms with Crippen LogP contribution in [-0.2, 0) is 11.3 Å². The molecule has 0 bridgehead atoms. The normalized spacial score (nSPS) is 15.4. The summed E-state index contributed by atoms with van der Waals surface area (Å²) in [4.78, 5) is 13.3. The summed E-state index contributed by atoms with van der Waals surface area (Å²) in [5.41, 5.74) is 4.92. The predicted octanol–water partition coefficient (Wildman–Crippen LogP) is 1.77. The maximum atomic E-state index is 11.0. The third-order valence-electron chi connectivity index (χ3n) is 3.08. The van der Waals surface area contributed by atoms with Crippen LogP contribution < -0.4 is 5.43 Å². The molecule has 0 aromatic heterocycles. The van der Waals surface area contributed by atoms with Gasteiger partial charge >= 0.3 is 0 Å². The summed E-state index contributed by atoms with van der Waals surface area (Å²) in [5, 5.41) is 4.12. The lowest BCUT2D eigenvalue weighted by Gasteiger charge is -2.22. The Hall–Kier alpha value is -1.68. The summed E-state index contributed by atoms with van der Waals surface area (Å²) in [6, 6.07) is 10.4. The number of carbonyl (C=O) groups excluding carboxylic acids is 1. The van der Waals surface area contributed by atoms with Crippen LogP contribution >= 0.6 is 0 Å². The van der Waals surface area contributed by atoms with Crippen LogP contribution in [0.4, 0.5) is 0 Å². The van der Waals surface area contributed by atoms with Crippen molar-refractivity contribution in [1.82, 2.24) is 10.3 Å². The maximum Gasteiger partial charge on any atom is 0.240 e. The summed E-state index contributed by atoms with van der Waals surface area (Å²) in [6.07, 6.45) is 1.33. The molecule has 1 aromatic rings. The highest BCUT2D eigenvalue weighted by atomic mass is 16.2. The standard InChI is InChI=1S/C14H19N3O/c1-2-17(10-12-6-4-3-5-7-12)11-13-8-9-14(18)16-15-13/h3-7H,2,8-11H2,1H3,(H,16,18). The third-order valence-corrected chi connectivity index (χ3v) is 3.08. The van der Waals surface area contributed by atoms with Crippen molar-refractivity contribution < 1.29 is 4.79 Å². The summed E-state index contributed by atoms with van der Waals surface area (Å²) in [6.45, 7) is 4.86.